The first kappa shape index (κ1) is 13.5. The Bertz CT molecular complexity index is 877. The summed E-state index contributed by atoms with van der Waals surface area (Å²) in [6.45, 7) is 0. The standard InChI is InChI=1S/C18H19N5S/c1-2-4-19-14(3-1)15-22-23-16(20-21-17(23)24-15)18-8-11-5-12(9-18)7-13(6-11)10-18/h1-4,11-13H,5-10H2. The minimum absolute atomic E-state index is 0.226. The molecule has 7 rings (SSSR count). The van der Waals surface area contributed by atoms with Crippen LogP contribution in [0.25, 0.3) is 15.7 Å². The van der Waals surface area contributed by atoms with Crippen LogP contribution < -0.4 is 0 Å². The summed E-state index contributed by atoms with van der Waals surface area (Å²) in [5.74, 6) is 3.82. The van der Waals surface area contributed by atoms with Crippen LogP contribution in [0.5, 0.6) is 0 Å². The average molecular weight is 337 g/mol. The Hall–Kier alpha value is -1.82. The third kappa shape index (κ3) is 1.80. The summed E-state index contributed by atoms with van der Waals surface area (Å²) >= 11 is 1.59. The predicted molar refractivity (Wildman–Crippen MR) is 91.7 cm³/mol. The van der Waals surface area contributed by atoms with Gasteiger partial charge in [0.2, 0.25) is 4.96 Å². The topological polar surface area (TPSA) is 56.0 Å². The Labute approximate surface area is 144 Å². The molecule has 0 aliphatic heterocycles. The van der Waals surface area contributed by atoms with E-state index in [0.717, 1.165) is 39.2 Å². The fourth-order valence-corrected chi connectivity index (χ4v) is 6.74. The highest BCUT2D eigenvalue weighted by Gasteiger charge is 2.54. The third-order valence-corrected chi connectivity index (χ3v) is 7.31. The molecule has 6 heteroatoms. The minimum Gasteiger partial charge on any atom is -0.254 e. The van der Waals surface area contributed by atoms with Gasteiger partial charge in [0.1, 0.15) is 5.69 Å². The Morgan fingerprint density at radius 2 is 1.75 bits per heavy atom. The van der Waals surface area contributed by atoms with Crippen LogP contribution in [-0.2, 0) is 5.41 Å². The fraction of sp³-hybridized carbons (Fsp3) is 0.556. The zero-order valence-electron chi connectivity index (χ0n) is 13.4. The molecule has 0 atom stereocenters. The van der Waals surface area contributed by atoms with E-state index in [-0.39, 0.29) is 5.41 Å². The lowest BCUT2D eigenvalue weighted by molar-refractivity contribution is -0.0103. The maximum absolute atomic E-state index is 4.85. The second kappa shape index (κ2) is 4.63. The van der Waals surface area contributed by atoms with Gasteiger partial charge in [-0.05, 0) is 68.4 Å². The molecule has 4 saturated carbocycles. The van der Waals surface area contributed by atoms with E-state index in [1.165, 1.54) is 38.5 Å². The zero-order valence-corrected chi connectivity index (χ0v) is 14.2. The average Bonchev–Trinajstić information content (AvgIpc) is 3.14. The van der Waals surface area contributed by atoms with Gasteiger partial charge in [0, 0.05) is 11.6 Å². The summed E-state index contributed by atoms with van der Waals surface area (Å²) in [7, 11) is 0. The number of hydrogen-bond acceptors (Lipinski definition) is 5. The molecule has 122 valence electrons. The van der Waals surface area contributed by atoms with Crippen LogP contribution in [0.2, 0.25) is 0 Å². The van der Waals surface area contributed by atoms with Crippen LogP contribution in [0.4, 0.5) is 0 Å². The number of nitrogens with zero attached hydrogens (tertiary/aromatic N) is 5. The molecule has 3 aromatic heterocycles. The largest absolute Gasteiger partial charge is 0.254 e. The Morgan fingerprint density at radius 3 is 2.42 bits per heavy atom. The number of aromatic nitrogens is 5. The molecule has 0 amide bonds. The molecule has 0 spiro atoms. The molecular formula is C18H19N5S. The predicted octanol–water partition coefficient (Wildman–Crippen LogP) is 3.72. The monoisotopic (exact) mass is 337 g/mol. The fourth-order valence-electron chi connectivity index (χ4n) is 5.92. The SMILES string of the molecule is c1ccc(-c2nn3c(C45CC6CC(CC(C6)C4)C5)nnc3s2)nc1. The first-order chi connectivity index (χ1) is 11.8. The molecule has 3 heterocycles. The van der Waals surface area contributed by atoms with Crippen molar-refractivity contribution in [3.05, 3.63) is 30.2 Å². The number of hydrogen-bond donors (Lipinski definition) is 0. The van der Waals surface area contributed by atoms with E-state index in [4.69, 9.17) is 5.10 Å². The van der Waals surface area contributed by atoms with E-state index in [1.54, 1.807) is 11.3 Å². The van der Waals surface area contributed by atoms with Gasteiger partial charge in [-0.1, -0.05) is 17.4 Å². The van der Waals surface area contributed by atoms with Crippen molar-refractivity contribution < 1.29 is 0 Å². The van der Waals surface area contributed by atoms with Crippen LogP contribution in [0, 0.1) is 17.8 Å². The van der Waals surface area contributed by atoms with Gasteiger partial charge in [0.25, 0.3) is 0 Å². The maximum Gasteiger partial charge on any atom is 0.235 e. The number of fused-ring (bicyclic) bond motifs is 1. The Morgan fingerprint density at radius 1 is 1.00 bits per heavy atom. The van der Waals surface area contributed by atoms with Crippen molar-refractivity contribution in [3.63, 3.8) is 0 Å². The highest BCUT2D eigenvalue weighted by atomic mass is 32.1. The molecule has 4 fully saturated rings. The van der Waals surface area contributed by atoms with E-state index < -0.39 is 0 Å². The second-order valence-corrected chi connectivity index (χ2v) is 8.99. The molecule has 0 radical (unpaired) electrons. The molecular weight excluding hydrogens is 318 g/mol. The molecule has 24 heavy (non-hydrogen) atoms. The summed E-state index contributed by atoms with van der Waals surface area (Å²) in [4.78, 5) is 5.34. The van der Waals surface area contributed by atoms with Crippen molar-refractivity contribution in [2.75, 3.05) is 0 Å². The van der Waals surface area contributed by atoms with Crippen molar-refractivity contribution in [3.8, 4) is 10.7 Å². The Kier molecular flexibility index (Phi) is 2.60. The van der Waals surface area contributed by atoms with Crippen molar-refractivity contribution in [2.45, 2.75) is 43.9 Å². The first-order valence-electron chi connectivity index (χ1n) is 8.93. The van der Waals surface area contributed by atoms with E-state index in [0.29, 0.717) is 0 Å². The third-order valence-electron chi connectivity index (χ3n) is 6.39. The quantitative estimate of drug-likeness (QED) is 0.715. The summed E-state index contributed by atoms with van der Waals surface area (Å²) in [5, 5.41) is 14.9. The van der Waals surface area contributed by atoms with E-state index in [2.05, 4.69) is 15.2 Å². The van der Waals surface area contributed by atoms with Gasteiger partial charge in [0.15, 0.2) is 10.8 Å². The lowest BCUT2D eigenvalue weighted by Gasteiger charge is -2.55. The second-order valence-electron chi connectivity index (χ2n) is 8.04. The van der Waals surface area contributed by atoms with E-state index in [1.807, 2.05) is 28.9 Å². The van der Waals surface area contributed by atoms with Gasteiger partial charge in [-0.2, -0.15) is 9.61 Å². The van der Waals surface area contributed by atoms with Crippen LogP contribution in [-0.4, -0.2) is 24.8 Å². The molecule has 0 N–H and O–H groups in total. The van der Waals surface area contributed by atoms with Gasteiger partial charge >= 0.3 is 0 Å². The van der Waals surface area contributed by atoms with Crippen LogP contribution >= 0.6 is 11.3 Å². The number of rotatable bonds is 2. The van der Waals surface area contributed by atoms with Gasteiger partial charge in [-0.15, -0.1) is 10.2 Å². The van der Waals surface area contributed by atoms with Gasteiger partial charge in [-0.3, -0.25) is 4.98 Å². The molecule has 5 nitrogen and oxygen atoms in total. The molecule has 0 aromatic carbocycles. The van der Waals surface area contributed by atoms with Crippen LogP contribution in [0.3, 0.4) is 0 Å². The smallest absolute Gasteiger partial charge is 0.235 e. The molecule has 4 aliphatic carbocycles. The van der Waals surface area contributed by atoms with Crippen molar-refractivity contribution in [1.29, 1.82) is 0 Å². The minimum atomic E-state index is 0.226. The highest BCUT2D eigenvalue weighted by Crippen LogP contribution is 2.60. The summed E-state index contributed by atoms with van der Waals surface area (Å²) in [6.07, 6.45) is 10.0. The van der Waals surface area contributed by atoms with Crippen molar-refractivity contribution >= 4 is 16.3 Å². The van der Waals surface area contributed by atoms with Crippen molar-refractivity contribution in [2.24, 2.45) is 17.8 Å². The lowest BCUT2D eigenvalue weighted by atomic mass is 9.49. The Balaban J connectivity index is 1.48. The van der Waals surface area contributed by atoms with Crippen molar-refractivity contribution in [1.82, 2.24) is 24.8 Å². The summed E-state index contributed by atoms with van der Waals surface area (Å²) in [5.41, 5.74) is 1.15. The molecule has 4 bridgehead atoms. The van der Waals surface area contributed by atoms with Crippen LogP contribution in [0.15, 0.2) is 24.4 Å². The lowest BCUT2D eigenvalue weighted by Crippen LogP contribution is -2.49. The highest BCUT2D eigenvalue weighted by molar-refractivity contribution is 7.19. The number of pyridine rings is 1. The molecule has 0 unspecified atom stereocenters. The van der Waals surface area contributed by atoms with Gasteiger partial charge < -0.3 is 0 Å². The van der Waals surface area contributed by atoms with Gasteiger partial charge in [0.05, 0.1) is 0 Å². The molecule has 4 aliphatic rings. The molecule has 0 saturated heterocycles. The zero-order chi connectivity index (χ0) is 15.7. The summed E-state index contributed by atoms with van der Waals surface area (Å²) in [6, 6.07) is 5.95. The first-order valence-corrected chi connectivity index (χ1v) is 9.75. The van der Waals surface area contributed by atoms with Crippen LogP contribution in [0.1, 0.15) is 44.3 Å². The maximum atomic E-state index is 4.85. The summed E-state index contributed by atoms with van der Waals surface area (Å²) < 4.78 is 2.03. The van der Waals surface area contributed by atoms with Gasteiger partial charge in [-0.25, -0.2) is 0 Å². The molecule has 3 aromatic rings. The van der Waals surface area contributed by atoms with E-state index >= 15 is 0 Å². The normalized spacial score (nSPS) is 34.2. The van der Waals surface area contributed by atoms with E-state index in [9.17, 15) is 0 Å².